The van der Waals surface area contributed by atoms with Crippen molar-refractivity contribution in [2.75, 3.05) is 121 Å². The van der Waals surface area contributed by atoms with Gasteiger partial charge in [0, 0.05) is 32.9 Å². The number of carbonyl (C=O) groups excluding carboxylic acids is 6. The van der Waals surface area contributed by atoms with E-state index in [-0.39, 0.29) is 141 Å². The summed E-state index contributed by atoms with van der Waals surface area (Å²) in [6.07, 6.45) is -0.125. The molecule has 0 atom stereocenters. The van der Waals surface area contributed by atoms with Crippen LogP contribution in [0, 0.1) is 0 Å². The lowest BCUT2D eigenvalue weighted by atomic mass is 10.1. The molecule has 0 heterocycles. The second kappa shape index (κ2) is 33.9. The van der Waals surface area contributed by atoms with Gasteiger partial charge in [0.05, 0.1) is 122 Å². The van der Waals surface area contributed by atoms with E-state index in [1.165, 1.54) is 160 Å². The lowest BCUT2D eigenvalue weighted by Crippen LogP contribution is -2.39. The molecule has 34 heteroatoms. The molecule has 10 N–H and O–H groups in total. The highest BCUT2D eigenvalue weighted by atomic mass is 32.2. The second-order valence-corrected chi connectivity index (χ2v) is 29.1. The molecule has 8 aromatic rings. The Morgan fingerprint density at radius 2 is 0.540 bits per heavy atom. The van der Waals surface area contributed by atoms with Crippen LogP contribution in [-0.4, -0.2) is 162 Å². The number of ether oxygens (including phenoxy) is 6. The Bertz CT molecular complexity index is 4450. The van der Waals surface area contributed by atoms with Crippen LogP contribution in [0.2, 0.25) is 0 Å². The first-order chi connectivity index (χ1) is 47.7. The minimum absolute atomic E-state index is 0.0141. The van der Waals surface area contributed by atoms with Crippen LogP contribution >= 0.6 is 0 Å². The van der Waals surface area contributed by atoms with Crippen molar-refractivity contribution in [1.82, 2.24) is 0 Å². The molecule has 6 amide bonds. The Labute approximate surface area is 576 Å². The maximum Gasteiger partial charge on any atom is 0.264 e. The summed E-state index contributed by atoms with van der Waals surface area (Å²) in [5, 5.41) is 6.08. The lowest BCUT2D eigenvalue weighted by Gasteiger charge is -2.28. The molecular weight excluding hydrogens is 1380 g/mol. The van der Waals surface area contributed by atoms with Gasteiger partial charge in [0.2, 0.25) is 35.4 Å². The Hall–Kier alpha value is -10.5. The van der Waals surface area contributed by atoms with Gasteiger partial charge < -0.3 is 62.0 Å². The largest absolute Gasteiger partial charge is 0.497 e. The van der Waals surface area contributed by atoms with E-state index >= 15 is 0 Å². The quantitative estimate of drug-likeness (QED) is 0.0295. The first-order valence-corrected chi connectivity index (χ1v) is 36.1. The van der Waals surface area contributed by atoms with Crippen molar-refractivity contribution in [1.29, 1.82) is 0 Å². The van der Waals surface area contributed by atoms with Crippen molar-refractivity contribution in [3.63, 3.8) is 0 Å². The van der Waals surface area contributed by atoms with Gasteiger partial charge in [-0.1, -0.05) is 48.5 Å². The molecule has 0 saturated carbocycles. The number of sulfonamides is 4. The molecule has 0 aliphatic heterocycles. The molecule has 0 aliphatic carbocycles. The molecule has 0 aromatic heterocycles. The molecule has 100 heavy (non-hydrogen) atoms. The second-order valence-electron chi connectivity index (χ2n) is 21.7. The number of anilines is 6. The third-order valence-electron chi connectivity index (χ3n) is 14.8. The summed E-state index contributed by atoms with van der Waals surface area (Å²) >= 11 is 0. The number of nitrogens with two attached hydrogens (primary N) is 4. The Morgan fingerprint density at radius 3 is 0.760 bits per heavy atom. The number of nitrogens with one attached hydrogen (secondary N) is 2. The van der Waals surface area contributed by atoms with Crippen molar-refractivity contribution in [3.05, 3.63) is 170 Å². The zero-order chi connectivity index (χ0) is 72.4. The smallest absolute Gasteiger partial charge is 0.264 e. The Morgan fingerprint density at radius 1 is 0.320 bits per heavy atom. The lowest BCUT2D eigenvalue weighted by molar-refractivity contribution is -0.118. The van der Waals surface area contributed by atoms with Gasteiger partial charge in [-0.2, -0.15) is 0 Å². The van der Waals surface area contributed by atoms with Gasteiger partial charge in [-0.05, 0) is 121 Å². The number of primary amides is 4. The predicted octanol–water partition coefficient (Wildman–Crippen LogP) is 4.16. The van der Waals surface area contributed by atoms with E-state index in [1.54, 1.807) is 24.3 Å². The summed E-state index contributed by atoms with van der Waals surface area (Å²) in [5.74, 6) is -4.09. The van der Waals surface area contributed by atoms with Gasteiger partial charge in [0.15, 0.2) is 0 Å². The minimum atomic E-state index is -4.58. The molecule has 0 unspecified atom stereocenters. The van der Waals surface area contributed by atoms with E-state index in [0.717, 1.165) is 17.2 Å². The Balaban J connectivity index is 0.738. The van der Waals surface area contributed by atoms with Crippen LogP contribution in [0.4, 0.5) is 34.1 Å². The Kier molecular flexibility index (Phi) is 25.5. The first kappa shape index (κ1) is 75.3. The number of methoxy groups -OCH3 is 2. The number of amides is 6. The standard InChI is InChI=1S/C66H72N10O20S4/c1-91-47-15-23-51(24-16-47)99(87,88)75(43-63(69)79)59-29-27-57(53-7-3-5-9-55(53)59)73(41-61(67)77)97(83,84)49-19-11-45(12-20-49)71-65(81)31-33-93-35-37-95-39-40-96-38-36-94-34-32-66(82)72-46-13-21-50(22-14-46)98(85,86)74(42-62(68)78)58-28-30-60(56-10-6-4-8-54(56)58)76(44-64(70)80)100(89,90)52-25-17-48(92-2)18-26-52/h3-30H,31-44H2,1-2H3,(H2,67,77)(H2,68,78)(H2,69,79)(H2,70,80)(H,71,81)(H,72,82). The van der Waals surface area contributed by atoms with Crippen LogP contribution in [0.25, 0.3) is 21.5 Å². The van der Waals surface area contributed by atoms with Crippen LogP contribution in [0.5, 0.6) is 11.5 Å². The highest BCUT2D eigenvalue weighted by Crippen LogP contribution is 2.41. The van der Waals surface area contributed by atoms with Gasteiger partial charge in [0.1, 0.15) is 37.7 Å². The van der Waals surface area contributed by atoms with Crippen molar-refractivity contribution in [2.45, 2.75) is 32.4 Å². The van der Waals surface area contributed by atoms with Gasteiger partial charge in [-0.3, -0.25) is 46.0 Å². The van der Waals surface area contributed by atoms with Crippen LogP contribution in [0.15, 0.2) is 189 Å². The normalized spacial score (nSPS) is 11.7. The number of nitrogens with zero attached hydrogens (tertiary/aromatic N) is 4. The third kappa shape index (κ3) is 18.8. The van der Waals surface area contributed by atoms with Gasteiger partial charge in [0.25, 0.3) is 40.1 Å². The van der Waals surface area contributed by atoms with Crippen LogP contribution in [0.3, 0.4) is 0 Å². The fourth-order valence-corrected chi connectivity index (χ4v) is 15.9. The molecule has 30 nitrogen and oxygen atoms in total. The highest BCUT2D eigenvalue weighted by molar-refractivity contribution is 7.93. The van der Waals surface area contributed by atoms with Crippen molar-refractivity contribution in [3.8, 4) is 11.5 Å². The molecule has 0 bridgehead atoms. The zero-order valence-corrected chi connectivity index (χ0v) is 57.2. The SMILES string of the molecule is COc1ccc(S(=O)(=O)N(CC(N)=O)c2ccc(N(CC(N)=O)S(=O)(=O)c3ccc(NC(=O)CCOCCOCCOCCOCCC(=O)Nc4ccc(S(=O)(=O)N(CC(N)=O)c5ccc(N(CC(N)=O)S(=O)(=O)c6ccc(OC)cc6)c6ccccc56)cc4)cc3)c3ccccc23)cc1. The van der Waals surface area contributed by atoms with E-state index < -0.39 is 102 Å². The summed E-state index contributed by atoms with van der Waals surface area (Å²) in [7, 11) is -15.2. The summed E-state index contributed by atoms with van der Waals surface area (Å²) in [5.41, 5.74) is 22.6. The van der Waals surface area contributed by atoms with Crippen molar-refractivity contribution < 1.29 is 90.9 Å². The molecule has 0 saturated heterocycles. The topological polar surface area (TPSA) is 435 Å². The molecule has 0 fully saturated rings. The van der Waals surface area contributed by atoms with Crippen LogP contribution in [0.1, 0.15) is 12.8 Å². The molecule has 0 aliphatic rings. The van der Waals surface area contributed by atoms with Gasteiger partial charge in [-0.15, -0.1) is 0 Å². The minimum Gasteiger partial charge on any atom is -0.497 e. The monoisotopic (exact) mass is 1450 g/mol. The number of hydrogen-bond acceptors (Lipinski definition) is 20. The molecule has 530 valence electrons. The van der Waals surface area contributed by atoms with Crippen LogP contribution < -0.4 is 60.3 Å². The third-order valence-corrected chi connectivity index (χ3v) is 21.9. The molecule has 8 aromatic carbocycles. The average Bonchev–Trinajstić information content (AvgIpc) is 0.754. The summed E-state index contributed by atoms with van der Waals surface area (Å²) in [6, 6.07) is 38.7. The van der Waals surface area contributed by atoms with Gasteiger partial charge >= 0.3 is 0 Å². The van der Waals surface area contributed by atoms with E-state index in [0.29, 0.717) is 11.5 Å². The fraction of sp³-hybridized carbons (Fsp3) is 0.242. The first-order valence-electron chi connectivity index (χ1n) is 30.3. The zero-order valence-electron chi connectivity index (χ0n) is 54.0. The summed E-state index contributed by atoms with van der Waals surface area (Å²) in [4.78, 5) is 74.3. The molecule has 0 spiro atoms. The number of rotatable bonds is 39. The fourth-order valence-electron chi connectivity index (χ4n) is 10.1. The van der Waals surface area contributed by atoms with Crippen LogP contribution in [-0.2, 0) is 87.8 Å². The number of hydrogen-bond donors (Lipinski definition) is 6. The van der Waals surface area contributed by atoms with E-state index in [2.05, 4.69) is 10.6 Å². The summed E-state index contributed by atoms with van der Waals surface area (Å²) < 4.78 is 149. The number of fused-ring (bicyclic) bond motifs is 2. The highest BCUT2D eigenvalue weighted by Gasteiger charge is 2.35. The molecule has 0 radical (unpaired) electrons. The van der Waals surface area contributed by atoms with Crippen molar-refractivity contribution >= 4 is 131 Å². The number of carbonyl (C=O) groups is 6. The number of benzene rings is 8. The van der Waals surface area contributed by atoms with E-state index in [1.807, 2.05) is 0 Å². The molecule has 8 rings (SSSR count). The maximum absolute atomic E-state index is 14.3. The van der Waals surface area contributed by atoms with Crippen molar-refractivity contribution in [2.24, 2.45) is 22.9 Å². The predicted molar refractivity (Wildman–Crippen MR) is 371 cm³/mol. The summed E-state index contributed by atoms with van der Waals surface area (Å²) in [6.45, 7) is -2.05. The molecular formula is C66H72N10O20S4. The average molecular weight is 1450 g/mol. The van der Waals surface area contributed by atoms with E-state index in [9.17, 15) is 62.4 Å². The van der Waals surface area contributed by atoms with Gasteiger partial charge in [-0.25, -0.2) is 33.7 Å². The maximum atomic E-state index is 14.3. The van der Waals surface area contributed by atoms with E-state index in [4.69, 9.17) is 51.4 Å².